The second kappa shape index (κ2) is 12.3. The fraction of sp³-hybridized carbons (Fsp3) is 0.516. The average molecular weight is 604 g/mol. The number of fused-ring (bicyclic) bond motifs is 3. The zero-order chi connectivity index (χ0) is 30.8. The van der Waals surface area contributed by atoms with E-state index in [-0.39, 0.29) is 25.0 Å². The highest BCUT2D eigenvalue weighted by molar-refractivity contribution is 5.77. The predicted octanol–water partition coefficient (Wildman–Crippen LogP) is 3.48. The molecule has 2 fully saturated rings. The fourth-order valence-electron chi connectivity index (χ4n) is 5.95. The Balaban J connectivity index is 1.10. The van der Waals surface area contributed by atoms with Gasteiger partial charge in [-0.1, -0.05) is 12.1 Å². The second-order valence-electron chi connectivity index (χ2n) is 12.4. The Labute approximate surface area is 258 Å². The van der Waals surface area contributed by atoms with Crippen molar-refractivity contribution in [2.24, 2.45) is 0 Å². The Morgan fingerprint density at radius 3 is 2.55 bits per heavy atom. The Morgan fingerprint density at radius 1 is 1.02 bits per heavy atom. The number of amides is 1. The van der Waals surface area contributed by atoms with Crippen molar-refractivity contribution in [3.8, 4) is 17.0 Å². The molecular formula is C31H41N9O4. The monoisotopic (exact) mass is 603 g/mol. The second-order valence-corrected chi connectivity index (χ2v) is 12.4. The summed E-state index contributed by atoms with van der Waals surface area (Å²) in [5, 5.41) is 12.5. The number of nitrogens with one attached hydrogen (secondary N) is 1. The summed E-state index contributed by atoms with van der Waals surface area (Å²) in [4.78, 5) is 30.8. The molecule has 0 spiro atoms. The van der Waals surface area contributed by atoms with E-state index in [1.165, 1.54) is 0 Å². The topological polar surface area (TPSA) is 121 Å². The molecule has 13 heteroatoms. The van der Waals surface area contributed by atoms with E-state index in [9.17, 15) is 4.79 Å². The van der Waals surface area contributed by atoms with Crippen molar-refractivity contribution < 1.29 is 19.0 Å². The van der Waals surface area contributed by atoms with Crippen LogP contribution in [0.5, 0.6) is 5.75 Å². The van der Waals surface area contributed by atoms with E-state index in [0.29, 0.717) is 25.4 Å². The van der Waals surface area contributed by atoms with Gasteiger partial charge in [0.15, 0.2) is 12.6 Å². The smallest absolute Gasteiger partial charge is 0.410 e. The molecular weight excluding hydrogens is 562 g/mol. The van der Waals surface area contributed by atoms with Crippen LogP contribution in [0.15, 0.2) is 42.7 Å². The standard InChI is InChI=1S/C31H41N9O4/c1-21-18-37(10-12-39(21)30(41)44-31(2,3)4)22-15-33-29(34-16-22)38-11-13-40-23(19-38)17-32-28-26(40)14-25(35-36-28)24-8-6-7-9-27(24)43-20-42-5/h6-9,14-16,21,23H,10-13,17-20H2,1-5H3,(H,32,36)/t21-,23-/m0/s1. The maximum absolute atomic E-state index is 12.6. The van der Waals surface area contributed by atoms with Gasteiger partial charge in [0.2, 0.25) is 5.95 Å². The molecule has 1 N–H and O–H groups in total. The van der Waals surface area contributed by atoms with E-state index < -0.39 is 5.60 Å². The molecule has 0 aliphatic carbocycles. The molecule has 5 heterocycles. The first-order valence-corrected chi connectivity index (χ1v) is 15.1. The van der Waals surface area contributed by atoms with Crippen LogP contribution in [-0.2, 0) is 9.47 Å². The number of anilines is 4. The number of para-hydroxylation sites is 1. The van der Waals surface area contributed by atoms with Gasteiger partial charge in [-0.2, -0.15) is 0 Å². The number of benzene rings is 1. The van der Waals surface area contributed by atoms with Gasteiger partial charge in [0.25, 0.3) is 0 Å². The summed E-state index contributed by atoms with van der Waals surface area (Å²) in [6.07, 6.45) is 3.52. The number of carbonyl (C=O) groups is 1. The Kier molecular flexibility index (Phi) is 8.30. The van der Waals surface area contributed by atoms with E-state index in [0.717, 1.165) is 60.6 Å². The molecule has 3 aliphatic rings. The summed E-state index contributed by atoms with van der Waals surface area (Å²) >= 11 is 0. The molecule has 13 nitrogen and oxygen atoms in total. The van der Waals surface area contributed by atoms with Crippen LogP contribution in [0.1, 0.15) is 27.7 Å². The summed E-state index contributed by atoms with van der Waals surface area (Å²) in [5.74, 6) is 2.21. The first kappa shape index (κ1) is 29.7. The van der Waals surface area contributed by atoms with Crippen LogP contribution in [0, 0.1) is 0 Å². The van der Waals surface area contributed by atoms with Crippen LogP contribution in [0.25, 0.3) is 11.3 Å². The van der Waals surface area contributed by atoms with Gasteiger partial charge in [-0.25, -0.2) is 14.8 Å². The Bertz CT molecular complexity index is 1470. The number of ether oxygens (including phenoxy) is 3. The maximum atomic E-state index is 12.6. The van der Waals surface area contributed by atoms with Crippen LogP contribution in [-0.4, -0.2) is 109 Å². The molecule has 0 unspecified atom stereocenters. The minimum atomic E-state index is -0.511. The van der Waals surface area contributed by atoms with Crippen LogP contribution < -0.4 is 24.8 Å². The van der Waals surface area contributed by atoms with Crippen molar-refractivity contribution in [2.75, 3.05) is 79.7 Å². The molecule has 3 aliphatic heterocycles. The van der Waals surface area contributed by atoms with E-state index in [4.69, 9.17) is 24.2 Å². The lowest BCUT2D eigenvalue weighted by molar-refractivity contribution is 0.0159. The van der Waals surface area contributed by atoms with E-state index in [1.807, 2.05) is 64.4 Å². The van der Waals surface area contributed by atoms with Crippen LogP contribution in [0.4, 0.5) is 27.9 Å². The van der Waals surface area contributed by atoms with Crippen molar-refractivity contribution in [3.05, 3.63) is 42.7 Å². The van der Waals surface area contributed by atoms with Gasteiger partial charge >= 0.3 is 6.09 Å². The zero-order valence-electron chi connectivity index (χ0n) is 26.1. The van der Waals surface area contributed by atoms with Crippen molar-refractivity contribution in [1.29, 1.82) is 0 Å². The van der Waals surface area contributed by atoms with E-state index >= 15 is 0 Å². The third kappa shape index (κ3) is 6.28. The summed E-state index contributed by atoms with van der Waals surface area (Å²) < 4.78 is 16.5. The number of aromatic nitrogens is 4. The summed E-state index contributed by atoms with van der Waals surface area (Å²) in [6.45, 7) is 13.0. The minimum Gasteiger partial charge on any atom is -0.467 e. The normalized spacial score (nSPS) is 20.0. The quantitative estimate of drug-likeness (QED) is 0.415. The maximum Gasteiger partial charge on any atom is 0.410 e. The molecule has 3 aromatic rings. The molecule has 1 amide bonds. The number of piperazine rings is 2. The number of nitrogens with zero attached hydrogens (tertiary/aromatic N) is 8. The fourth-order valence-corrected chi connectivity index (χ4v) is 5.95. The molecule has 0 bridgehead atoms. The van der Waals surface area contributed by atoms with Crippen molar-refractivity contribution in [2.45, 2.75) is 45.4 Å². The van der Waals surface area contributed by atoms with Gasteiger partial charge < -0.3 is 39.1 Å². The van der Waals surface area contributed by atoms with E-state index in [2.05, 4.69) is 36.3 Å². The third-order valence-corrected chi connectivity index (χ3v) is 8.09. The molecule has 0 radical (unpaired) electrons. The van der Waals surface area contributed by atoms with Gasteiger partial charge in [0.1, 0.15) is 11.4 Å². The Hall–Kier alpha value is -4.39. The third-order valence-electron chi connectivity index (χ3n) is 8.09. The zero-order valence-corrected chi connectivity index (χ0v) is 26.1. The van der Waals surface area contributed by atoms with Crippen molar-refractivity contribution in [3.63, 3.8) is 0 Å². The Morgan fingerprint density at radius 2 is 1.80 bits per heavy atom. The highest BCUT2D eigenvalue weighted by Gasteiger charge is 2.35. The first-order valence-electron chi connectivity index (χ1n) is 15.1. The minimum absolute atomic E-state index is 0.0181. The molecule has 1 aromatic carbocycles. The van der Waals surface area contributed by atoms with Crippen molar-refractivity contribution >= 4 is 29.2 Å². The van der Waals surface area contributed by atoms with Gasteiger partial charge in [0.05, 0.1) is 35.5 Å². The van der Waals surface area contributed by atoms with Crippen LogP contribution >= 0.6 is 0 Å². The molecule has 2 aromatic heterocycles. The molecule has 234 valence electrons. The molecule has 2 saturated heterocycles. The molecule has 0 saturated carbocycles. The number of hydrogen-bond donors (Lipinski definition) is 1. The largest absolute Gasteiger partial charge is 0.467 e. The van der Waals surface area contributed by atoms with Crippen LogP contribution in [0.3, 0.4) is 0 Å². The lowest BCUT2D eigenvalue weighted by atomic mass is 10.1. The summed E-state index contributed by atoms with van der Waals surface area (Å²) in [6, 6.07) is 10.1. The number of carbonyl (C=O) groups excluding carboxylic acids is 1. The lowest BCUT2D eigenvalue weighted by Crippen LogP contribution is -2.58. The van der Waals surface area contributed by atoms with Crippen LogP contribution in [0.2, 0.25) is 0 Å². The molecule has 6 rings (SSSR count). The summed E-state index contributed by atoms with van der Waals surface area (Å²) in [5.41, 5.74) is 3.10. The average Bonchev–Trinajstić information content (AvgIpc) is 3.02. The number of hydrogen-bond acceptors (Lipinski definition) is 12. The van der Waals surface area contributed by atoms with Gasteiger partial charge in [-0.3, -0.25) is 0 Å². The number of methoxy groups -OCH3 is 1. The van der Waals surface area contributed by atoms with E-state index in [1.54, 1.807) is 12.0 Å². The predicted molar refractivity (Wildman–Crippen MR) is 168 cm³/mol. The van der Waals surface area contributed by atoms with Crippen molar-refractivity contribution in [1.82, 2.24) is 25.1 Å². The highest BCUT2D eigenvalue weighted by atomic mass is 16.7. The van der Waals surface area contributed by atoms with Gasteiger partial charge in [-0.15, -0.1) is 10.2 Å². The summed E-state index contributed by atoms with van der Waals surface area (Å²) in [7, 11) is 1.60. The highest BCUT2D eigenvalue weighted by Crippen LogP contribution is 2.36. The molecule has 2 atom stereocenters. The number of rotatable bonds is 6. The van der Waals surface area contributed by atoms with Gasteiger partial charge in [-0.05, 0) is 45.9 Å². The SMILES string of the molecule is COCOc1ccccc1-c1cc2c(nn1)NC[C@H]1CN(c3ncc(N4CCN(C(=O)OC(C)(C)C)[C@@H](C)C4)cn3)CCN21. The van der Waals surface area contributed by atoms with Gasteiger partial charge in [0, 0.05) is 64.5 Å². The first-order chi connectivity index (χ1) is 21.2. The lowest BCUT2D eigenvalue weighted by Gasteiger charge is -2.45. The molecule has 44 heavy (non-hydrogen) atoms.